The summed E-state index contributed by atoms with van der Waals surface area (Å²) in [6.45, 7) is 0.814. The van der Waals surface area contributed by atoms with Gasteiger partial charge in [0.1, 0.15) is 5.82 Å². The summed E-state index contributed by atoms with van der Waals surface area (Å²) in [7, 11) is 1.82. The second-order valence-corrected chi connectivity index (χ2v) is 7.85. The third-order valence-electron chi connectivity index (χ3n) is 5.79. The van der Waals surface area contributed by atoms with Gasteiger partial charge < -0.3 is 15.3 Å². The molecule has 0 radical (unpaired) electrons. The largest absolute Gasteiger partial charge is 0.478 e. The van der Waals surface area contributed by atoms with Gasteiger partial charge in [-0.25, -0.2) is 14.8 Å². The van der Waals surface area contributed by atoms with Crippen molar-refractivity contribution < 1.29 is 14.7 Å². The number of fused-ring (bicyclic) bond motifs is 2. The molecule has 2 N–H and O–H groups in total. The number of para-hydroxylation sites is 1. The van der Waals surface area contributed by atoms with E-state index in [2.05, 4.69) is 10.3 Å². The summed E-state index contributed by atoms with van der Waals surface area (Å²) < 4.78 is 0. The number of carbonyl (C=O) groups excluding carboxylic acids is 1. The van der Waals surface area contributed by atoms with Crippen LogP contribution in [0.4, 0.5) is 5.82 Å². The number of carbonyl (C=O) groups is 2. The van der Waals surface area contributed by atoms with E-state index in [-0.39, 0.29) is 11.5 Å². The molecule has 0 spiro atoms. The second kappa shape index (κ2) is 8.31. The zero-order valence-corrected chi connectivity index (χ0v) is 17.9. The van der Waals surface area contributed by atoms with E-state index in [0.717, 1.165) is 33.5 Å². The standard InChI is InChI=1S/C25H21N5O3/c1-26-23-19-9-10-30(24(31)16-6-4-7-17(12-16)25(32)33)14-21(19)28-22(29-23)18-11-15-5-2-3-8-20(15)27-13-18/h2-8,11-13H,9-10,14H2,1H3,(H,32,33)(H,26,28,29). The number of aromatic nitrogens is 3. The zero-order chi connectivity index (χ0) is 22.9. The van der Waals surface area contributed by atoms with E-state index in [1.165, 1.54) is 12.1 Å². The summed E-state index contributed by atoms with van der Waals surface area (Å²) in [6, 6.07) is 16.0. The number of aromatic carboxylic acids is 1. The number of benzene rings is 2. The molecule has 8 nitrogen and oxygen atoms in total. The average Bonchev–Trinajstić information content (AvgIpc) is 2.86. The number of nitrogens with zero attached hydrogens (tertiary/aromatic N) is 4. The number of hydrogen-bond donors (Lipinski definition) is 2. The minimum atomic E-state index is -1.06. The molecule has 1 aliphatic rings. The van der Waals surface area contributed by atoms with Gasteiger partial charge in [0.25, 0.3) is 5.91 Å². The molecule has 0 aliphatic carbocycles. The molecule has 0 fully saturated rings. The highest BCUT2D eigenvalue weighted by molar-refractivity contribution is 5.97. The van der Waals surface area contributed by atoms with Gasteiger partial charge in [0, 0.05) is 41.9 Å². The molecule has 4 aromatic rings. The number of carboxylic acid groups (broad SMARTS) is 1. The van der Waals surface area contributed by atoms with Crippen LogP contribution in [-0.2, 0) is 13.0 Å². The number of pyridine rings is 1. The third-order valence-corrected chi connectivity index (χ3v) is 5.79. The number of rotatable bonds is 4. The number of amides is 1. The predicted octanol–water partition coefficient (Wildman–Crippen LogP) is 3.63. The van der Waals surface area contributed by atoms with E-state index in [1.807, 2.05) is 37.4 Å². The highest BCUT2D eigenvalue weighted by Gasteiger charge is 2.26. The monoisotopic (exact) mass is 439 g/mol. The Bertz CT molecular complexity index is 1400. The maximum absolute atomic E-state index is 13.1. The van der Waals surface area contributed by atoms with Crippen LogP contribution < -0.4 is 5.32 Å². The van der Waals surface area contributed by atoms with E-state index in [0.29, 0.717) is 30.9 Å². The Balaban J connectivity index is 1.49. The molecule has 8 heteroatoms. The molecule has 2 aromatic heterocycles. The Kier molecular flexibility index (Phi) is 5.18. The first-order chi connectivity index (χ1) is 16.0. The van der Waals surface area contributed by atoms with Crippen LogP contribution in [0.15, 0.2) is 60.8 Å². The van der Waals surface area contributed by atoms with E-state index < -0.39 is 5.97 Å². The number of nitrogens with one attached hydrogen (secondary N) is 1. The normalized spacial score (nSPS) is 12.9. The Hall–Kier alpha value is -4.33. The lowest BCUT2D eigenvalue weighted by Gasteiger charge is -2.29. The number of anilines is 1. The molecule has 1 aliphatic heterocycles. The highest BCUT2D eigenvalue weighted by atomic mass is 16.4. The molecule has 0 saturated carbocycles. The fourth-order valence-electron chi connectivity index (χ4n) is 4.10. The predicted molar refractivity (Wildman–Crippen MR) is 124 cm³/mol. The molecule has 2 aromatic carbocycles. The highest BCUT2D eigenvalue weighted by Crippen LogP contribution is 2.28. The van der Waals surface area contributed by atoms with Crippen LogP contribution in [0.3, 0.4) is 0 Å². The lowest BCUT2D eigenvalue weighted by atomic mass is 10.0. The quantitative estimate of drug-likeness (QED) is 0.500. The Morgan fingerprint density at radius 2 is 1.85 bits per heavy atom. The van der Waals surface area contributed by atoms with E-state index in [9.17, 15) is 14.7 Å². The van der Waals surface area contributed by atoms with Gasteiger partial charge in [0.2, 0.25) is 0 Å². The lowest BCUT2D eigenvalue weighted by molar-refractivity contribution is 0.0697. The minimum absolute atomic E-state index is 0.0872. The first-order valence-corrected chi connectivity index (χ1v) is 10.6. The topological polar surface area (TPSA) is 108 Å². The van der Waals surface area contributed by atoms with E-state index in [1.54, 1.807) is 23.2 Å². The molecule has 0 saturated heterocycles. The van der Waals surface area contributed by atoms with E-state index >= 15 is 0 Å². The van der Waals surface area contributed by atoms with Crippen molar-refractivity contribution in [3.05, 3.63) is 83.2 Å². The van der Waals surface area contributed by atoms with Crippen LogP contribution in [0, 0.1) is 0 Å². The molecular formula is C25H21N5O3. The van der Waals surface area contributed by atoms with Crippen LogP contribution in [0.2, 0.25) is 0 Å². The Morgan fingerprint density at radius 3 is 2.67 bits per heavy atom. The maximum Gasteiger partial charge on any atom is 0.335 e. The summed E-state index contributed by atoms with van der Waals surface area (Å²) in [4.78, 5) is 40.1. The third kappa shape index (κ3) is 3.87. The minimum Gasteiger partial charge on any atom is -0.478 e. The molecule has 0 atom stereocenters. The van der Waals surface area contributed by atoms with Crippen molar-refractivity contribution in [1.82, 2.24) is 19.9 Å². The van der Waals surface area contributed by atoms with Crippen LogP contribution in [0.5, 0.6) is 0 Å². The van der Waals surface area contributed by atoms with Gasteiger partial charge in [0.05, 0.1) is 23.3 Å². The maximum atomic E-state index is 13.1. The zero-order valence-electron chi connectivity index (χ0n) is 17.9. The van der Waals surface area contributed by atoms with Crippen molar-refractivity contribution >= 4 is 28.6 Å². The second-order valence-electron chi connectivity index (χ2n) is 7.85. The SMILES string of the molecule is CNc1nc(-c2cnc3ccccc3c2)nc2c1CCN(C(=O)c1cccc(C(=O)O)c1)C2. The van der Waals surface area contributed by atoms with Crippen molar-refractivity contribution in [3.8, 4) is 11.4 Å². The van der Waals surface area contributed by atoms with Gasteiger partial charge in [-0.2, -0.15) is 0 Å². The average molecular weight is 439 g/mol. The smallest absolute Gasteiger partial charge is 0.335 e. The number of carboxylic acids is 1. The molecule has 0 bridgehead atoms. The van der Waals surface area contributed by atoms with Crippen LogP contribution in [0.1, 0.15) is 32.0 Å². The van der Waals surface area contributed by atoms with E-state index in [4.69, 9.17) is 9.97 Å². The summed E-state index contributed by atoms with van der Waals surface area (Å²) >= 11 is 0. The van der Waals surface area contributed by atoms with Gasteiger partial charge in [0.15, 0.2) is 5.82 Å². The molecular weight excluding hydrogens is 418 g/mol. The van der Waals surface area contributed by atoms with Crippen LogP contribution >= 0.6 is 0 Å². The molecule has 3 heterocycles. The van der Waals surface area contributed by atoms with Gasteiger partial charge >= 0.3 is 5.97 Å². The summed E-state index contributed by atoms with van der Waals surface area (Å²) in [6.07, 6.45) is 2.36. The number of hydrogen-bond acceptors (Lipinski definition) is 6. The van der Waals surface area contributed by atoms with Crippen molar-refractivity contribution in [2.45, 2.75) is 13.0 Å². The van der Waals surface area contributed by atoms with Crippen molar-refractivity contribution in [1.29, 1.82) is 0 Å². The van der Waals surface area contributed by atoms with Crippen molar-refractivity contribution in [2.24, 2.45) is 0 Å². The molecule has 5 rings (SSSR count). The summed E-state index contributed by atoms with van der Waals surface area (Å²) in [5, 5.41) is 13.4. The summed E-state index contributed by atoms with van der Waals surface area (Å²) in [5.74, 6) is -0.00219. The Labute approximate surface area is 189 Å². The van der Waals surface area contributed by atoms with Crippen molar-refractivity contribution in [2.75, 3.05) is 18.9 Å². The fraction of sp³-hybridized carbons (Fsp3) is 0.160. The van der Waals surface area contributed by atoms with Gasteiger partial charge in [-0.15, -0.1) is 0 Å². The van der Waals surface area contributed by atoms with Gasteiger partial charge in [-0.3, -0.25) is 9.78 Å². The summed E-state index contributed by atoms with van der Waals surface area (Å²) in [5.41, 5.74) is 3.88. The molecule has 1 amide bonds. The van der Waals surface area contributed by atoms with Gasteiger partial charge in [-0.05, 0) is 36.8 Å². The Morgan fingerprint density at radius 1 is 1.03 bits per heavy atom. The van der Waals surface area contributed by atoms with Crippen LogP contribution in [0.25, 0.3) is 22.3 Å². The van der Waals surface area contributed by atoms with Crippen molar-refractivity contribution in [3.63, 3.8) is 0 Å². The fourth-order valence-corrected chi connectivity index (χ4v) is 4.10. The first-order valence-electron chi connectivity index (χ1n) is 10.6. The van der Waals surface area contributed by atoms with Crippen LogP contribution in [-0.4, -0.2) is 50.4 Å². The first kappa shape index (κ1) is 20.6. The molecule has 164 valence electrons. The lowest BCUT2D eigenvalue weighted by Crippen LogP contribution is -2.37. The van der Waals surface area contributed by atoms with Gasteiger partial charge in [-0.1, -0.05) is 24.3 Å². The molecule has 33 heavy (non-hydrogen) atoms. The molecule has 0 unspecified atom stereocenters.